The van der Waals surface area contributed by atoms with Crippen molar-refractivity contribution in [2.45, 2.75) is 13.0 Å². The fourth-order valence-corrected chi connectivity index (χ4v) is 1.58. The van der Waals surface area contributed by atoms with Gasteiger partial charge in [0.2, 0.25) is 0 Å². The summed E-state index contributed by atoms with van der Waals surface area (Å²) in [5.41, 5.74) is 13.8. The van der Waals surface area contributed by atoms with Gasteiger partial charge in [-0.2, -0.15) is 0 Å². The van der Waals surface area contributed by atoms with Gasteiger partial charge in [0.05, 0.1) is 36.0 Å². The van der Waals surface area contributed by atoms with Crippen molar-refractivity contribution in [1.29, 1.82) is 0 Å². The molecule has 1 aromatic carbocycles. The van der Waals surface area contributed by atoms with Crippen molar-refractivity contribution in [3.8, 4) is 0 Å². The largest absolute Gasteiger partial charge is 0.397 e. The summed E-state index contributed by atoms with van der Waals surface area (Å²) in [7, 11) is 0. The summed E-state index contributed by atoms with van der Waals surface area (Å²) in [6.45, 7) is 2.92. The minimum absolute atomic E-state index is 0. The van der Waals surface area contributed by atoms with Gasteiger partial charge >= 0.3 is 0 Å². The quantitative estimate of drug-likeness (QED) is 0.714. The molecule has 0 fully saturated rings. The molecule has 0 spiro atoms. The van der Waals surface area contributed by atoms with E-state index in [-0.39, 0.29) is 12.4 Å². The van der Waals surface area contributed by atoms with E-state index in [1.807, 2.05) is 23.4 Å². The lowest BCUT2D eigenvalue weighted by Gasteiger charge is -2.22. The molecular formula is C10H15ClN4. The normalized spacial score (nSPS) is 19.0. The summed E-state index contributed by atoms with van der Waals surface area (Å²) in [5.74, 6) is 0. The average molecular weight is 227 g/mol. The second kappa shape index (κ2) is 4.40. The standard InChI is InChI=1S/C10H14N4.ClH/c1-7-5-13-6-14(7)9-4-2-3-8(11)10(9)12;/h2-4,6-7H,5,11-12H2,1H3;1H/t7-;/m0./s1. The Kier molecular flexibility index (Phi) is 3.42. The van der Waals surface area contributed by atoms with Crippen molar-refractivity contribution in [3.63, 3.8) is 0 Å². The first-order valence-corrected chi connectivity index (χ1v) is 4.62. The Bertz CT molecular complexity index is 378. The summed E-state index contributed by atoms with van der Waals surface area (Å²) < 4.78 is 0. The molecule has 82 valence electrons. The van der Waals surface area contributed by atoms with Gasteiger partial charge in [0.25, 0.3) is 0 Å². The zero-order chi connectivity index (χ0) is 10.1. The zero-order valence-electron chi connectivity index (χ0n) is 8.55. The topological polar surface area (TPSA) is 67.6 Å². The molecule has 15 heavy (non-hydrogen) atoms. The van der Waals surface area contributed by atoms with Crippen LogP contribution in [0.15, 0.2) is 23.2 Å². The fourth-order valence-electron chi connectivity index (χ4n) is 1.58. The van der Waals surface area contributed by atoms with Gasteiger partial charge in [0.15, 0.2) is 0 Å². The summed E-state index contributed by atoms with van der Waals surface area (Å²) in [6.07, 6.45) is 1.82. The van der Waals surface area contributed by atoms with Crippen LogP contribution in [0.5, 0.6) is 0 Å². The average Bonchev–Trinajstić information content (AvgIpc) is 2.57. The van der Waals surface area contributed by atoms with E-state index in [0.717, 1.165) is 12.2 Å². The Morgan fingerprint density at radius 3 is 2.73 bits per heavy atom. The molecule has 1 heterocycles. The molecule has 1 aliphatic rings. The van der Waals surface area contributed by atoms with Gasteiger partial charge in [0.1, 0.15) is 0 Å². The molecular weight excluding hydrogens is 212 g/mol. The first-order chi connectivity index (χ1) is 6.70. The minimum Gasteiger partial charge on any atom is -0.397 e. The van der Waals surface area contributed by atoms with Gasteiger partial charge in [-0.3, -0.25) is 4.99 Å². The van der Waals surface area contributed by atoms with Crippen LogP contribution in [0.2, 0.25) is 0 Å². The van der Waals surface area contributed by atoms with Crippen LogP contribution in [0.4, 0.5) is 17.1 Å². The van der Waals surface area contributed by atoms with Crippen molar-refractivity contribution in [2.75, 3.05) is 22.9 Å². The maximum atomic E-state index is 5.90. The molecule has 4 N–H and O–H groups in total. The van der Waals surface area contributed by atoms with E-state index in [2.05, 4.69) is 11.9 Å². The molecule has 2 rings (SSSR count). The third-order valence-electron chi connectivity index (χ3n) is 2.45. The van der Waals surface area contributed by atoms with Crippen LogP contribution in [0.25, 0.3) is 0 Å². The monoisotopic (exact) mass is 226 g/mol. The Morgan fingerprint density at radius 2 is 2.13 bits per heavy atom. The van der Waals surface area contributed by atoms with Crippen molar-refractivity contribution in [3.05, 3.63) is 18.2 Å². The molecule has 1 atom stereocenters. The third kappa shape index (κ3) is 1.99. The molecule has 0 saturated heterocycles. The number of aliphatic imine (C=N–C) groups is 1. The lowest BCUT2D eigenvalue weighted by Crippen LogP contribution is -2.29. The summed E-state index contributed by atoms with van der Waals surface area (Å²) in [5, 5.41) is 0. The van der Waals surface area contributed by atoms with Crippen molar-refractivity contribution in [1.82, 2.24) is 0 Å². The smallest absolute Gasteiger partial charge is 0.0899 e. The molecule has 5 heteroatoms. The number of hydrogen-bond donors (Lipinski definition) is 2. The third-order valence-corrected chi connectivity index (χ3v) is 2.45. The lowest BCUT2D eigenvalue weighted by molar-refractivity contribution is 0.787. The number of nitrogen functional groups attached to an aromatic ring is 2. The number of rotatable bonds is 1. The number of anilines is 3. The minimum atomic E-state index is 0. The first-order valence-electron chi connectivity index (χ1n) is 4.62. The molecule has 4 nitrogen and oxygen atoms in total. The number of para-hydroxylation sites is 1. The highest BCUT2D eigenvalue weighted by Crippen LogP contribution is 2.29. The zero-order valence-corrected chi connectivity index (χ0v) is 9.37. The molecule has 0 aromatic heterocycles. The van der Waals surface area contributed by atoms with E-state index < -0.39 is 0 Å². The van der Waals surface area contributed by atoms with E-state index in [1.54, 1.807) is 6.07 Å². The molecule has 0 unspecified atom stereocenters. The van der Waals surface area contributed by atoms with Crippen LogP contribution in [0, 0.1) is 0 Å². The number of hydrogen-bond acceptors (Lipinski definition) is 4. The van der Waals surface area contributed by atoms with Crippen LogP contribution in [-0.4, -0.2) is 18.9 Å². The van der Waals surface area contributed by atoms with E-state index >= 15 is 0 Å². The second-order valence-corrected chi connectivity index (χ2v) is 3.52. The highest BCUT2D eigenvalue weighted by molar-refractivity contribution is 5.91. The van der Waals surface area contributed by atoms with Crippen molar-refractivity contribution >= 4 is 35.8 Å². The molecule has 0 bridgehead atoms. The van der Waals surface area contributed by atoms with Gasteiger partial charge in [-0.25, -0.2) is 0 Å². The predicted molar refractivity (Wildman–Crippen MR) is 67.8 cm³/mol. The molecule has 0 amide bonds. The summed E-state index contributed by atoms with van der Waals surface area (Å²) in [4.78, 5) is 6.24. The maximum Gasteiger partial charge on any atom is 0.0899 e. The number of nitrogens with zero attached hydrogens (tertiary/aromatic N) is 2. The highest BCUT2D eigenvalue weighted by Gasteiger charge is 2.19. The number of nitrogens with two attached hydrogens (primary N) is 2. The van der Waals surface area contributed by atoms with E-state index in [1.165, 1.54) is 0 Å². The Labute approximate surface area is 95.4 Å². The van der Waals surface area contributed by atoms with Crippen molar-refractivity contribution in [2.24, 2.45) is 4.99 Å². The molecule has 0 radical (unpaired) electrons. The molecule has 1 aliphatic heterocycles. The van der Waals surface area contributed by atoms with Crippen LogP contribution in [0.3, 0.4) is 0 Å². The van der Waals surface area contributed by atoms with Crippen molar-refractivity contribution < 1.29 is 0 Å². The molecule has 0 aliphatic carbocycles. The second-order valence-electron chi connectivity index (χ2n) is 3.52. The number of benzene rings is 1. The van der Waals surface area contributed by atoms with Crippen LogP contribution < -0.4 is 16.4 Å². The van der Waals surface area contributed by atoms with Crippen LogP contribution in [-0.2, 0) is 0 Å². The first kappa shape index (κ1) is 11.7. The predicted octanol–water partition coefficient (Wildman–Crippen LogP) is 1.51. The van der Waals surface area contributed by atoms with E-state index in [4.69, 9.17) is 11.5 Å². The highest BCUT2D eigenvalue weighted by atomic mass is 35.5. The van der Waals surface area contributed by atoms with Gasteiger partial charge in [0, 0.05) is 0 Å². The Morgan fingerprint density at radius 1 is 1.40 bits per heavy atom. The number of halogens is 1. The van der Waals surface area contributed by atoms with E-state index in [9.17, 15) is 0 Å². The fraction of sp³-hybridized carbons (Fsp3) is 0.300. The SMILES string of the molecule is C[C@H]1CN=CN1c1cccc(N)c1N.Cl. The lowest BCUT2D eigenvalue weighted by atomic mass is 10.2. The van der Waals surface area contributed by atoms with Crippen LogP contribution >= 0.6 is 12.4 Å². The molecule has 1 aromatic rings. The van der Waals surface area contributed by atoms with Crippen LogP contribution in [0.1, 0.15) is 6.92 Å². The van der Waals surface area contributed by atoms with Gasteiger partial charge in [-0.1, -0.05) is 6.07 Å². The van der Waals surface area contributed by atoms with Gasteiger partial charge in [-0.15, -0.1) is 12.4 Å². The Balaban J connectivity index is 0.00000112. The maximum absolute atomic E-state index is 5.90. The van der Waals surface area contributed by atoms with E-state index in [0.29, 0.717) is 17.4 Å². The molecule has 0 saturated carbocycles. The Hall–Kier alpha value is -1.42. The van der Waals surface area contributed by atoms with Gasteiger partial charge in [-0.05, 0) is 19.1 Å². The summed E-state index contributed by atoms with van der Waals surface area (Å²) >= 11 is 0. The van der Waals surface area contributed by atoms with Gasteiger partial charge < -0.3 is 16.4 Å². The summed E-state index contributed by atoms with van der Waals surface area (Å²) in [6, 6.07) is 6.02.